The van der Waals surface area contributed by atoms with Gasteiger partial charge in [-0.2, -0.15) is 0 Å². The molecular weight excluding hydrogens is 272 g/mol. The average Bonchev–Trinajstić information content (AvgIpc) is 2.86. The van der Waals surface area contributed by atoms with Gasteiger partial charge in [-0.25, -0.2) is 13.8 Å². The van der Waals surface area contributed by atoms with E-state index < -0.39 is 11.6 Å². The highest BCUT2D eigenvalue weighted by Gasteiger charge is 2.30. The zero-order valence-electron chi connectivity index (χ0n) is 11.7. The number of nitrogens with one attached hydrogen (secondary N) is 1. The molecule has 1 aromatic heterocycles. The highest BCUT2D eigenvalue weighted by Crippen LogP contribution is 2.36. The molecule has 0 spiro atoms. The Hall–Kier alpha value is -1.91. The molecule has 1 unspecified atom stereocenters. The fraction of sp³-hybridized carbons (Fsp3) is 0.438. The predicted molar refractivity (Wildman–Crippen MR) is 76.5 cm³/mol. The first kappa shape index (κ1) is 12.8. The van der Waals surface area contributed by atoms with Gasteiger partial charge in [0.2, 0.25) is 5.95 Å². The minimum absolute atomic E-state index is 0.0869. The zero-order valence-corrected chi connectivity index (χ0v) is 11.7. The van der Waals surface area contributed by atoms with E-state index in [0.717, 1.165) is 49.9 Å². The van der Waals surface area contributed by atoms with Gasteiger partial charge in [0, 0.05) is 23.9 Å². The topological polar surface area (TPSA) is 29.9 Å². The summed E-state index contributed by atoms with van der Waals surface area (Å²) in [6.07, 6.45) is 5.09. The van der Waals surface area contributed by atoms with Gasteiger partial charge < -0.3 is 9.88 Å². The molecule has 0 radical (unpaired) electrons. The molecule has 0 bridgehead atoms. The molecule has 1 aliphatic heterocycles. The molecule has 1 N–H and O–H groups in total. The highest BCUT2D eigenvalue weighted by molar-refractivity contribution is 5.41. The molecule has 1 atom stereocenters. The van der Waals surface area contributed by atoms with Gasteiger partial charge in [-0.1, -0.05) is 6.07 Å². The van der Waals surface area contributed by atoms with Crippen LogP contribution in [0.25, 0.3) is 0 Å². The summed E-state index contributed by atoms with van der Waals surface area (Å²) < 4.78 is 29.5. The Balaban J connectivity index is 1.84. The Kier molecular flexibility index (Phi) is 2.94. The number of halogens is 2. The standard InChI is InChI=1S/C16H17F2N3/c17-10-5-6-11(12(18)9-10)14-7-8-19-16-20-13-3-1-2-4-15(13)21(14)16/h5-6,9,14H,1-4,7-8H2,(H,19,20). The van der Waals surface area contributed by atoms with E-state index >= 15 is 0 Å². The third-order valence-corrected chi connectivity index (χ3v) is 4.50. The van der Waals surface area contributed by atoms with Gasteiger partial charge in [0.1, 0.15) is 11.6 Å². The van der Waals surface area contributed by atoms with Gasteiger partial charge in [0.15, 0.2) is 0 Å². The first-order chi connectivity index (χ1) is 10.2. The van der Waals surface area contributed by atoms with Gasteiger partial charge >= 0.3 is 0 Å². The molecule has 0 fully saturated rings. The van der Waals surface area contributed by atoms with Crippen LogP contribution in [0.5, 0.6) is 0 Å². The van der Waals surface area contributed by atoms with Crippen LogP contribution < -0.4 is 5.32 Å². The van der Waals surface area contributed by atoms with Crippen LogP contribution in [0.3, 0.4) is 0 Å². The van der Waals surface area contributed by atoms with Crippen molar-refractivity contribution in [2.75, 3.05) is 11.9 Å². The predicted octanol–water partition coefficient (Wildman–Crippen LogP) is 3.45. The molecule has 2 aliphatic rings. The summed E-state index contributed by atoms with van der Waals surface area (Å²) >= 11 is 0. The van der Waals surface area contributed by atoms with E-state index in [1.54, 1.807) is 6.07 Å². The molecule has 0 saturated carbocycles. The van der Waals surface area contributed by atoms with Crippen LogP contribution in [-0.2, 0) is 12.8 Å². The first-order valence-corrected chi connectivity index (χ1v) is 7.53. The van der Waals surface area contributed by atoms with Crippen LogP contribution in [0, 0.1) is 11.6 Å². The van der Waals surface area contributed by atoms with Crippen molar-refractivity contribution in [3.05, 3.63) is 46.8 Å². The van der Waals surface area contributed by atoms with E-state index in [1.165, 1.54) is 18.2 Å². The molecular formula is C16H17F2N3. The Morgan fingerprint density at radius 3 is 2.90 bits per heavy atom. The Morgan fingerprint density at radius 1 is 1.19 bits per heavy atom. The molecule has 110 valence electrons. The lowest BCUT2D eigenvalue weighted by Gasteiger charge is -2.29. The monoisotopic (exact) mass is 289 g/mol. The SMILES string of the molecule is Fc1ccc(C2CCNc3nc4c(n32)CCCC4)c(F)c1. The molecule has 2 heterocycles. The van der Waals surface area contributed by atoms with Crippen molar-refractivity contribution in [2.45, 2.75) is 38.1 Å². The van der Waals surface area contributed by atoms with E-state index in [2.05, 4.69) is 14.9 Å². The summed E-state index contributed by atoms with van der Waals surface area (Å²) in [6, 6.07) is 3.79. The second kappa shape index (κ2) is 4.83. The molecule has 1 aliphatic carbocycles. The number of benzene rings is 1. The lowest BCUT2D eigenvalue weighted by molar-refractivity contribution is 0.472. The fourth-order valence-electron chi connectivity index (χ4n) is 3.54. The molecule has 1 aromatic carbocycles. The fourth-order valence-corrected chi connectivity index (χ4v) is 3.54. The molecule has 3 nitrogen and oxygen atoms in total. The minimum atomic E-state index is -0.530. The van der Waals surface area contributed by atoms with Crippen LogP contribution in [0.15, 0.2) is 18.2 Å². The number of fused-ring (bicyclic) bond motifs is 3. The van der Waals surface area contributed by atoms with Crippen molar-refractivity contribution < 1.29 is 8.78 Å². The number of imidazole rings is 1. The molecule has 2 aromatic rings. The molecule has 5 heteroatoms. The summed E-state index contributed by atoms with van der Waals surface area (Å²) in [5, 5.41) is 3.31. The molecule has 0 saturated heterocycles. The Bertz CT molecular complexity index is 693. The Morgan fingerprint density at radius 2 is 2.05 bits per heavy atom. The van der Waals surface area contributed by atoms with Crippen LogP contribution in [0.1, 0.15) is 42.3 Å². The van der Waals surface area contributed by atoms with E-state index in [4.69, 9.17) is 0 Å². The number of aromatic nitrogens is 2. The maximum atomic E-state index is 14.2. The summed E-state index contributed by atoms with van der Waals surface area (Å²) in [4.78, 5) is 4.67. The third-order valence-electron chi connectivity index (χ3n) is 4.50. The average molecular weight is 289 g/mol. The van der Waals surface area contributed by atoms with Crippen molar-refractivity contribution in [3.63, 3.8) is 0 Å². The normalized spacial score (nSPS) is 20.6. The number of rotatable bonds is 1. The lowest BCUT2D eigenvalue weighted by Crippen LogP contribution is -2.26. The third kappa shape index (κ3) is 2.03. The van der Waals surface area contributed by atoms with Gasteiger partial charge in [0.25, 0.3) is 0 Å². The number of aryl methyl sites for hydroxylation is 1. The number of hydrogen-bond donors (Lipinski definition) is 1. The maximum absolute atomic E-state index is 14.2. The van der Waals surface area contributed by atoms with Gasteiger partial charge in [-0.15, -0.1) is 0 Å². The summed E-state index contributed by atoms with van der Waals surface area (Å²) in [5.41, 5.74) is 2.92. The van der Waals surface area contributed by atoms with Crippen LogP contribution in [0.2, 0.25) is 0 Å². The number of hydrogen-bond acceptors (Lipinski definition) is 2. The van der Waals surface area contributed by atoms with Gasteiger partial charge in [0.05, 0.1) is 11.7 Å². The smallest absolute Gasteiger partial charge is 0.203 e. The number of nitrogens with zero attached hydrogens (tertiary/aromatic N) is 2. The van der Waals surface area contributed by atoms with Gasteiger partial charge in [-0.05, 0) is 38.2 Å². The van der Waals surface area contributed by atoms with Crippen LogP contribution >= 0.6 is 0 Å². The van der Waals surface area contributed by atoms with Crippen molar-refractivity contribution >= 4 is 5.95 Å². The lowest BCUT2D eigenvalue weighted by atomic mass is 9.97. The summed E-state index contributed by atoms with van der Waals surface area (Å²) in [6.45, 7) is 0.761. The summed E-state index contributed by atoms with van der Waals surface area (Å²) in [7, 11) is 0. The van der Waals surface area contributed by atoms with Crippen molar-refractivity contribution in [1.29, 1.82) is 0 Å². The molecule has 21 heavy (non-hydrogen) atoms. The van der Waals surface area contributed by atoms with Crippen LogP contribution in [0.4, 0.5) is 14.7 Å². The van der Waals surface area contributed by atoms with Gasteiger partial charge in [-0.3, -0.25) is 0 Å². The van der Waals surface area contributed by atoms with Crippen molar-refractivity contribution in [2.24, 2.45) is 0 Å². The van der Waals surface area contributed by atoms with E-state index in [0.29, 0.717) is 5.56 Å². The van der Waals surface area contributed by atoms with Crippen molar-refractivity contribution in [1.82, 2.24) is 9.55 Å². The van der Waals surface area contributed by atoms with Crippen molar-refractivity contribution in [3.8, 4) is 0 Å². The maximum Gasteiger partial charge on any atom is 0.203 e. The Labute approximate surface area is 122 Å². The van der Waals surface area contributed by atoms with E-state index in [9.17, 15) is 8.78 Å². The molecule has 0 amide bonds. The highest BCUT2D eigenvalue weighted by atomic mass is 19.1. The second-order valence-electron chi connectivity index (χ2n) is 5.80. The minimum Gasteiger partial charge on any atom is -0.356 e. The largest absolute Gasteiger partial charge is 0.356 e. The zero-order chi connectivity index (χ0) is 14.4. The first-order valence-electron chi connectivity index (χ1n) is 7.53. The quantitative estimate of drug-likeness (QED) is 0.871. The number of anilines is 1. The van der Waals surface area contributed by atoms with Crippen LogP contribution in [-0.4, -0.2) is 16.1 Å². The van der Waals surface area contributed by atoms with E-state index in [1.807, 2.05) is 0 Å². The summed E-state index contributed by atoms with van der Waals surface area (Å²) in [5.74, 6) is -0.161. The second-order valence-corrected chi connectivity index (χ2v) is 5.80. The molecule has 4 rings (SSSR count). The van der Waals surface area contributed by atoms with E-state index in [-0.39, 0.29) is 6.04 Å².